The number of hydrogen-bond donors (Lipinski definition) is 1. The summed E-state index contributed by atoms with van der Waals surface area (Å²) in [4.78, 5) is 4.84. The lowest BCUT2D eigenvalue weighted by Crippen LogP contribution is -2.05. The lowest BCUT2D eigenvalue weighted by atomic mass is 10.1. The quantitative estimate of drug-likeness (QED) is 0.943. The van der Waals surface area contributed by atoms with E-state index in [1.807, 2.05) is 11.4 Å². The van der Waals surface area contributed by atoms with E-state index in [0.29, 0.717) is 6.42 Å². The minimum Gasteiger partial charge on any atom is -0.386 e. The molecule has 2 heterocycles. The Morgan fingerprint density at radius 2 is 2.38 bits per heavy atom. The first kappa shape index (κ1) is 11.7. The first-order valence-electron chi connectivity index (χ1n) is 4.68. The molecule has 0 fully saturated rings. The largest absolute Gasteiger partial charge is 0.386 e. The molecule has 0 radical (unpaired) electrons. The number of aliphatic hydroxyl groups is 1. The van der Waals surface area contributed by atoms with E-state index >= 15 is 0 Å². The van der Waals surface area contributed by atoms with Crippen molar-refractivity contribution in [1.29, 1.82) is 0 Å². The van der Waals surface area contributed by atoms with Gasteiger partial charge in [-0.1, -0.05) is 0 Å². The summed E-state index contributed by atoms with van der Waals surface area (Å²) in [6, 6.07) is 4.72. The summed E-state index contributed by atoms with van der Waals surface area (Å²) < 4.78 is 14.3. The molecule has 0 saturated heterocycles. The van der Waals surface area contributed by atoms with Crippen LogP contribution in [0.4, 0.5) is 4.39 Å². The summed E-state index contributed by atoms with van der Waals surface area (Å²) in [6.45, 7) is 0. The molecular weight excluding hydrogens is 293 g/mol. The van der Waals surface area contributed by atoms with E-state index in [9.17, 15) is 9.50 Å². The second-order valence-corrected chi connectivity index (χ2v) is 5.23. The van der Waals surface area contributed by atoms with Gasteiger partial charge in [0.1, 0.15) is 17.6 Å². The second-order valence-electron chi connectivity index (χ2n) is 3.32. The van der Waals surface area contributed by atoms with Crippen LogP contribution in [0.2, 0.25) is 0 Å². The molecule has 0 amide bonds. The number of aromatic nitrogens is 1. The van der Waals surface area contributed by atoms with Crippen LogP contribution in [0.5, 0.6) is 0 Å². The van der Waals surface area contributed by atoms with Crippen LogP contribution in [-0.2, 0) is 6.42 Å². The van der Waals surface area contributed by atoms with E-state index in [1.54, 1.807) is 0 Å². The van der Waals surface area contributed by atoms with Crippen LogP contribution in [0.15, 0.2) is 34.2 Å². The van der Waals surface area contributed by atoms with Crippen molar-refractivity contribution in [3.63, 3.8) is 0 Å². The van der Waals surface area contributed by atoms with Crippen LogP contribution in [0.25, 0.3) is 0 Å². The van der Waals surface area contributed by atoms with E-state index in [-0.39, 0.29) is 5.69 Å². The summed E-state index contributed by atoms with van der Waals surface area (Å²) in [6.07, 6.45) is 0.961. The minimum absolute atomic E-state index is 0.104. The van der Waals surface area contributed by atoms with Crippen LogP contribution >= 0.6 is 27.3 Å². The molecule has 2 aromatic rings. The van der Waals surface area contributed by atoms with Gasteiger partial charge in [-0.3, -0.25) is 4.98 Å². The van der Waals surface area contributed by atoms with Gasteiger partial charge in [0.05, 0.1) is 0 Å². The van der Waals surface area contributed by atoms with Crippen molar-refractivity contribution in [1.82, 2.24) is 4.98 Å². The molecule has 0 aromatic carbocycles. The molecule has 2 nitrogen and oxygen atoms in total. The average molecular weight is 302 g/mol. The van der Waals surface area contributed by atoms with Crippen LogP contribution in [-0.4, -0.2) is 10.1 Å². The van der Waals surface area contributed by atoms with E-state index in [0.717, 1.165) is 9.35 Å². The van der Waals surface area contributed by atoms with Crippen LogP contribution in [0.3, 0.4) is 0 Å². The van der Waals surface area contributed by atoms with Crippen LogP contribution < -0.4 is 0 Å². The molecule has 0 aliphatic carbocycles. The van der Waals surface area contributed by atoms with Gasteiger partial charge in [-0.15, -0.1) is 11.3 Å². The fourth-order valence-corrected chi connectivity index (χ4v) is 2.88. The Labute approximate surface area is 105 Å². The molecule has 0 saturated carbocycles. The maximum Gasteiger partial charge on any atom is 0.147 e. The molecule has 0 aliphatic rings. The molecule has 0 spiro atoms. The van der Waals surface area contributed by atoms with Gasteiger partial charge in [-0.2, -0.15) is 0 Å². The third-order valence-corrected chi connectivity index (χ3v) is 3.84. The summed E-state index contributed by atoms with van der Waals surface area (Å²) in [5, 5.41) is 11.8. The number of nitrogens with zero attached hydrogens (tertiary/aromatic N) is 1. The van der Waals surface area contributed by atoms with Crippen molar-refractivity contribution >= 4 is 27.3 Å². The maximum absolute atomic E-state index is 13.3. The zero-order chi connectivity index (χ0) is 11.5. The number of rotatable bonds is 3. The molecule has 0 aliphatic heterocycles. The minimum atomic E-state index is -0.897. The molecule has 84 valence electrons. The van der Waals surface area contributed by atoms with Crippen molar-refractivity contribution in [3.8, 4) is 0 Å². The van der Waals surface area contributed by atoms with Gasteiger partial charge >= 0.3 is 0 Å². The molecular formula is C11H9BrFNOS. The van der Waals surface area contributed by atoms with E-state index < -0.39 is 11.9 Å². The molecule has 2 rings (SSSR count). The fraction of sp³-hybridized carbons (Fsp3) is 0.182. The third-order valence-electron chi connectivity index (χ3n) is 2.12. The lowest BCUT2D eigenvalue weighted by molar-refractivity contribution is 0.169. The zero-order valence-electron chi connectivity index (χ0n) is 8.23. The number of hydrogen-bond acceptors (Lipinski definition) is 3. The Hall–Kier alpha value is -0.780. The molecule has 1 unspecified atom stereocenters. The monoisotopic (exact) mass is 301 g/mol. The van der Waals surface area contributed by atoms with Crippen LogP contribution in [0.1, 0.15) is 16.7 Å². The molecule has 1 atom stereocenters. The first-order chi connectivity index (χ1) is 7.66. The fourth-order valence-electron chi connectivity index (χ4n) is 1.39. The van der Waals surface area contributed by atoms with Gasteiger partial charge in [0, 0.05) is 27.3 Å². The Kier molecular flexibility index (Phi) is 3.68. The predicted octanol–water partition coefficient (Wildman–Crippen LogP) is 3.32. The second kappa shape index (κ2) is 5.03. The predicted molar refractivity (Wildman–Crippen MR) is 64.9 cm³/mol. The van der Waals surface area contributed by atoms with Gasteiger partial charge in [0.2, 0.25) is 0 Å². The highest BCUT2D eigenvalue weighted by atomic mass is 79.9. The number of aliphatic hydroxyl groups excluding tert-OH is 1. The number of thiophene rings is 1. The van der Waals surface area contributed by atoms with Crippen molar-refractivity contribution < 1.29 is 9.50 Å². The van der Waals surface area contributed by atoms with Gasteiger partial charge in [0.25, 0.3) is 0 Å². The Balaban J connectivity index is 2.14. The average Bonchev–Trinajstić information content (AvgIpc) is 2.64. The van der Waals surface area contributed by atoms with Gasteiger partial charge in [-0.05, 0) is 34.1 Å². The number of halogens is 2. The number of pyridine rings is 1. The van der Waals surface area contributed by atoms with E-state index in [4.69, 9.17) is 0 Å². The van der Waals surface area contributed by atoms with Gasteiger partial charge in [-0.25, -0.2) is 4.39 Å². The summed E-state index contributed by atoms with van der Waals surface area (Å²) in [5.41, 5.74) is 0.104. The van der Waals surface area contributed by atoms with E-state index in [1.165, 1.54) is 29.7 Å². The molecule has 2 aromatic heterocycles. The normalized spacial score (nSPS) is 12.7. The van der Waals surface area contributed by atoms with Crippen LogP contribution in [0, 0.1) is 5.82 Å². The van der Waals surface area contributed by atoms with Gasteiger partial charge in [0.15, 0.2) is 0 Å². The Morgan fingerprint density at radius 1 is 1.56 bits per heavy atom. The zero-order valence-corrected chi connectivity index (χ0v) is 10.6. The SMILES string of the molecule is OC(Cc1cc(Br)cs1)c1ncccc1F. The molecule has 1 N–H and O–H groups in total. The van der Waals surface area contributed by atoms with E-state index in [2.05, 4.69) is 20.9 Å². The van der Waals surface area contributed by atoms with Crippen molar-refractivity contribution in [3.05, 3.63) is 50.6 Å². The van der Waals surface area contributed by atoms with Gasteiger partial charge < -0.3 is 5.11 Å². The van der Waals surface area contributed by atoms with Crippen molar-refractivity contribution in [2.75, 3.05) is 0 Å². The topological polar surface area (TPSA) is 33.1 Å². The summed E-state index contributed by atoms with van der Waals surface area (Å²) >= 11 is 4.85. The Morgan fingerprint density at radius 3 is 3.00 bits per heavy atom. The Bertz CT molecular complexity index is 488. The summed E-state index contributed by atoms with van der Waals surface area (Å²) in [5.74, 6) is -0.467. The molecule has 16 heavy (non-hydrogen) atoms. The summed E-state index contributed by atoms with van der Waals surface area (Å²) in [7, 11) is 0. The molecule has 5 heteroatoms. The lowest BCUT2D eigenvalue weighted by Gasteiger charge is -2.08. The van der Waals surface area contributed by atoms with Crippen molar-refractivity contribution in [2.45, 2.75) is 12.5 Å². The first-order valence-corrected chi connectivity index (χ1v) is 6.35. The molecule has 0 bridgehead atoms. The maximum atomic E-state index is 13.3. The smallest absolute Gasteiger partial charge is 0.147 e. The third kappa shape index (κ3) is 2.66. The highest BCUT2D eigenvalue weighted by Gasteiger charge is 2.15. The highest BCUT2D eigenvalue weighted by Crippen LogP contribution is 2.25. The van der Waals surface area contributed by atoms with Crippen molar-refractivity contribution in [2.24, 2.45) is 0 Å². The highest BCUT2D eigenvalue weighted by molar-refractivity contribution is 9.10. The standard InChI is InChI=1S/C11H9BrFNOS/c12-7-4-8(16-6-7)5-10(15)11-9(13)2-1-3-14-11/h1-4,6,10,15H,5H2.